The van der Waals surface area contributed by atoms with E-state index in [1.807, 2.05) is 12.1 Å². The topological polar surface area (TPSA) is 49.4 Å². The highest BCUT2D eigenvalue weighted by Gasteiger charge is 2.23. The summed E-state index contributed by atoms with van der Waals surface area (Å²) in [5.41, 5.74) is 1.00. The largest absolute Gasteiger partial charge is 0.382 e. The van der Waals surface area contributed by atoms with Gasteiger partial charge < -0.3 is 10.2 Å². The van der Waals surface area contributed by atoms with Crippen molar-refractivity contribution in [3.63, 3.8) is 0 Å². The molecule has 0 aliphatic carbocycles. The Labute approximate surface area is 122 Å². The third-order valence-electron chi connectivity index (χ3n) is 4.05. The highest BCUT2D eigenvalue weighted by Crippen LogP contribution is 2.22. The first-order valence-corrected chi connectivity index (χ1v) is 8.85. The second kappa shape index (κ2) is 6.14. The second-order valence-electron chi connectivity index (χ2n) is 5.71. The normalized spacial score (nSPS) is 24.6. The molecule has 1 saturated heterocycles. The van der Waals surface area contributed by atoms with Gasteiger partial charge in [-0.05, 0) is 50.2 Å². The van der Waals surface area contributed by atoms with Crippen LogP contribution in [0.3, 0.4) is 0 Å². The summed E-state index contributed by atoms with van der Waals surface area (Å²) in [4.78, 5) is 2.75. The minimum absolute atomic E-state index is 0.145. The average Bonchev–Trinajstić information content (AvgIpc) is 2.42. The van der Waals surface area contributed by atoms with E-state index < -0.39 is 9.84 Å². The molecule has 1 aliphatic rings. The Balaban J connectivity index is 2.04. The summed E-state index contributed by atoms with van der Waals surface area (Å²) in [5.74, 6) is 0.735. The third kappa shape index (κ3) is 3.52. The predicted molar refractivity (Wildman–Crippen MR) is 82.9 cm³/mol. The van der Waals surface area contributed by atoms with E-state index in [1.54, 1.807) is 19.1 Å². The van der Waals surface area contributed by atoms with Crippen LogP contribution in [-0.4, -0.2) is 45.2 Å². The zero-order chi connectivity index (χ0) is 14.8. The molecule has 1 aromatic rings. The van der Waals surface area contributed by atoms with E-state index in [-0.39, 0.29) is 5.75 Å². The maximum atomic E-state index is 11.8. The smallest absolute Gasteiger partial charge is 0.178 e. The lowest BCUT2D eigenvalue weighted by atomic mass is 9.94. The second-order valence-corrected chi connectivity index (χ2v) is 7.99. The number of benzene rings is 1. The number of sulfone groups is 1. The van der Waals surface area contributed by atoms with Crippen LogP contribution in [0.4, 0.5) is 5.69 Å². The van der Waals surface area contributed by atoms with Gasteiger partial charge in [0.05, 0.1) is 10.6 Å². The first-order chi connectivity index (χ1) is 9.42. The van der Waals surface area contributed by atoms with Crippen LogP contribution in [0.5, 0.6) is 0 Å². The molecule has 1 fully saturated rings. The maximum Gasteiger partial charge on any atom is 0.178 e. The number of nitrogens with zero attached hydrogens (tertiary/aromatic N) is 1. The van der Waals surface area contributed by atoms with Crippen molar-refractivity contribution in [1.29, 1.82) is 0 Å². The minimum atomic E-state index is -3.10. The first-order valence-electron chi connectivity index (χ1n) is 7.20. The van der Waals surface area contributed by atoms with Crippen molar-refractivity contribution in [3.05, 3.63) is 24.3 Å². The number of hydrogen-bond donors (Lipinski definition) is 1. The van der Waals surface area contributed by atoms with Crippen LogP contribution in [0, 0.1) is 5.92 Å². The molecule has 0 bridgehead atoms. The SMILES string of the molecule is CCS(=O)(=O)c1ccc(NC2CCN(C)CC2C)cc1. The van der Waals surface area contributed by atoms with E-state index in [9.17, 15) is 8.42 Å². The molecule has 1 heterocycles. The van der Waals surface area contributed by atoms with Crippen LogP contribution in [0.15, 0.2) is 29.2 Å². The first kappa shape index (κ1) is 15.3. The fraction of sp³-hybridized carbons (Fsp3) is 0.600. The van der Waals surface area contributed by atoms with Gasteiger partial charge >= 0.3 is 0 Å². The molecule has 0 aromatic heterocycles. The van der Waals surface area contributed by atoms with Gasteiger partial charge in [0, 0.05) is 18.3 Å². The maximum absolute atomic E-state index is 11.8. The van der Waals surface area contributed by atoms with E-state index in [1.165, 1.54) is 0 Å². The number of rotatable bonds is 4. The molecule has 2 rings (SSSR count). The molecule has 5 heteroatoms. The molecule has 112 valence electrons. The monoisotopic (exact) mass is 296 g/mol. The Morgan fingerprint density at radius 3 is 2.50 bits per heavy atom. The minimum Gasteiger partial charge on any atom is -0.382 e. The zero-order valence-electron chi connectivity index (χ0n) is 12.5. The summed E-state index contributed by atoms with van der Waals surface area (Å²) < 4.78 is 23.5. The van der Waals surface area contributed by atoms with Crippen molar-refractivity contribution < 1.29 is 8.42 Å². The number of nitrogens with one attached hydrogen (secondary N) is 1. The van der Waals surface area contributed by atoms with Crippen LogP contribution >= 0.6 is 0 Å². The fourth-order valence-corrected chi connectivity index (χ4v) is 3.59. The molecule has 20 heavy (non-hydrogen) atoms. The summed E-state index contributed by atoms with van der Waals surface area (Å²) >= 11 is 0. The Kier molecular flexibility index (Phi) is 4.70. The summed E-state index contributed by atoms with van der Waals surface area (Å²) in [6.45, 7) is 6.12. The van der Waals surface area contributed by atoms with Crippen LogP contribution in [0.2, 0.25) is 0 Å². The van der Waals surface area contributed by atoms with Crippen molar-refractivity contribution in [2.24, 2.45) is 5.92 Å². The average molecular weight is 296 g/mol. The summed E-state index contributed by atoms with van der Waals surface area (Å²) in [6, 6.07) is 7.59. The highest BCUT2D eigenvalue weighted by atomic mass is 32.2. The quantitative estimate of drug-likeness (QED) is 0.925. The Hall–Kier alpha value is -1.07. The van der Waals surface area contributed by atoms with E-state index in [2.05, 4.69) is 24.2 Å². The lowest BCUT2D eigenvalue weighted by molar-refractivity contribution is 0.206. The summed E-state index contributed by atoms with van der Waals surface area (Å²) in [5, 5.41) is 3.53. The van der Waals surface area contributed by atoms with Gasteiger partial charge in [0.25, 0.3) is 0 Å². The Morgan fingerprint density at radius 2 is 1.95 bits per heavy atom. The fourth-order valence-electron chi connectivity index (χ4n) is 2.71. The van der Waals surface area contributed by atoms with E-state index in [4.69, 9.17) is 0 Å². The van der Waals surface area contributed by atoms with Gasteiger partial charge in [-0.1, -0.05) is 13.8 Å². The van der Waals surface area contributed by atoms with Gasteiger partial charge in [-0.3, -0.25) is 0 Å². The van der Waals surface area contributed by atoms with Crippen LogP contribution in [-0.2, 0) is 9.84 Å². The number of likely N-dealkylation sites (tertiary alicyclic amines) is 1. The van der Waals surface area contributed by atoms with Gasteiger partial charge in [-0.15, -0.1) is 0 Å². The van der Waals surface area contributed by atoms with Crippen LogP contribution < -0.4 is 5.32 Å². The number of hydrogen-bond acceptors (Lipinski definition) is 4. The molecule has 1 aromatic carbocycles. The van der Waals surface area contributed by atoms with Crippen LogP contribution in [0.1, 0.15) is 20.3 Å². The molecule has 1 aliphatic heterocycles. The van der Waals surface area contributed by atoms with E-state index >= 15 is 0 Å². The van der Waals surface area contributed by atoms with Crippen molar-refractivity contribution in [2.75, 3.05) is 31.2 Å². The van der Waals surface area contributed by atoms with Gasteiger partial charge in [-0.25, -0.2) is 8.42 Å². The number of anilines is 1. The van der Waals surface area contributed by atoms with Gasteiger partial charge in [0.1, 0.15) is 0 Å². The molecule has 4 nitrogen and oxygen atoms in total. The highest BCUT2D eigenvalue weighted by molar-refractivity contribution is 7.91. The van der Waals surface area contributed by atoms with Gasteiger partial charge in [0.15, 0.2) is 9.84 Å². The molecule has 0 radical (unpaired) electrons. The molecule has 2 unspecified atom stereocenters. The Morgan fingerprint density at radius 1 is 1.30 bits per heavy atom. The molecule has 0 saturated carbocycles. The van der Waals surface area contributed by atoms with Crippen molar-refractivity contribution in [3.8, 4) is 0 Å². The van der Waals surface area contributed by atoms with Gasteiger partial charge in [0.2, 0.25) is 0 Å². The van der Waals surface area contributed by atoms with Crippen LogP contribution in [0.25, 0.3) is 0 Å². The standard InChI is InChI=1S/C15H24N2O2S/c1-4-20(18,19)14-7-5-13(6-8-14)16-15-9-10-17(3)11-12(15)2/h5-8,12,15-16H,4,9-11H2,1-3H3. The molecule has 0 amide bonds. The van der Waals surface area contributed by atoms with E-state index in [0.29, 0.717) is 16.9 Å². The molecule has 0 spiro atoms. The predicted octanol–water partition coefficient (Wildman–Crippen LogP) is 2.23. The summed E-state index contributed by atoms with van der Waals surface area (Å²) in [7, 11) is -0.951. The van der Waals surface area contributed by atoms with Crippen molar-refractivity contribution >= 4 is 15.5 Å². The van der Waals surface area contributed by atoms with Gasteiger partial charge in [-0.2, -0.15) is 0 Å². The number of piperidine rings is 1. The molecular weight excluding hydrogens is 272 g/mol. The van der Waals surface area contributed by atoms with Crippen molar-refractivity contribution in [2.45, 2.75) is 31.2 Å². The summed E-state index contributed by atoms with van der Waals surface area (Å²) in [6.07, 6.45) is 1.12. The van der Waals surface area contributed by atoms with E-state index in [0.717, 1.165) is 25.2 Å². The Bertz CT molecular complexity index is 539. The molecular formula is C15H24N2O2S. The lowest BCUT2D eigenvalue weighted by Gasteiger charge is -2.35. The molecule has 1 N–H and O–H groups in total. The third-order valence-corrected chi connectivity index (χ3v) is 5.80. The van der Waals surface area contributed by atoms with Crippen molar-refractivity contribution in [1.82, 2.24) is 4.90 Å². The zero-order valence-corrected chi connectivity index (χ0v) is 13.3. The molecule has 2 atom stereocenters. The lowest BCUT2D eigenvalue weighted by Crippen LogP contribution is -2.43.